The molecule has 1 atom stereocenters. The molecule has 0 aliphatic heterocycles. The minimum absolute atomic E-state index is 0.00909. The van der Waals surface area contributed by atoms with Crippen LogP contribution in [0, 0.1) is 0 Å². The normalized spacial score (nSPS) is 12.9. The minimum Gasteiger partial charge on any atom is -0.490 e. The predicted octanol–water partition coefficient (Wildman–Crippen LogP) is 5.77. The van der Waals surface area contributed by atoms with E-state index in [1.54, 1.807) is 30.3 Å². The van der Waals surface area contributed by atoms with E-state index in [0.29, 0.717) is 29.2 Å². The lowest BCUT2D eigenvalue weighted by molar-refractivity contribution is -0.140. The molecule has 1 aliphatic rings. The first kappa shape index (κ1) is 28.2. The van der Waals surface area contributed by atoms with Crippen LogP contribution < -0.4 is 14.2 Å². The number of rotatable bonds is 12. The number of carbonyl (C=O) groups excluding carboxylic acids is 3. The zero-order valence-corrected chi connectivity index (χ0v) is 22.4. The maximum Gasteiger partial charge on any atom is 0.348 e. The molecule has 40 heavy (non-hydrogen) atoms. The van der Waals surface area contributed by atoms with Crippen LogP contribution in [0.2, 0.25) is 0 Å². The van der Waals surface area contributed by atoms with Gasteiger partial charge in [-0.05, 0) is 76.7 Å². The third-order valence-electron chi connectivity index (χ3n) is 6.48. The highest BCUT2D eigenvalue weighted by Gasteiger charge is 2.27. The van der Waals surface area contributed by atoms with Gasteiger partial charge in [0.2, 0.25) is 0 Å². The van der Waals surface area contributed by atoms with Gasteiger partial charge in [0.15, 0.2) is 6.61 Å². The summed E-state index contributed by atoms with van der Waals surface area (Å²) in [4.78, 5) is 35.8. The van der Waals surface area contributed by atoms with Crippen molar-refractivity contribution in [1.29, 1.82) is 0 Å². The van der Waals surface area contributed by atoms with Crippen LogP contribution in [-0.4, -0.2) is 37.7 Å². The van der Waals surface area contributed by atoms with Crippen LogP contribution in [0.1, 0.15) is 46.8 Å². The van der Waals surface area contributed by atoms with Crippen molar-refractivity contribution in [2.24, 2.45) is 0 Å². The third kappa shape index (κ3) is 6.40. The maximum atomic E-state index is 13.1. The highest BCUT2D eigenvalue weighted by molar-refractivity contribution is 5.93. The molecule has 0 amide bonds. The van der Waals surface area contributed by atoms with Crippen LogP contribution >= 0.6 is 0 Å². The Labute approximate surface area is 232 Å². The molecule has 0 saturated heterocycles. The van der Waals surface area contributed by atoms with E-state index in [1.807, 2.05) is 31.2 Å². The van der Waals surface area contributed by atoms with Gasteiger partial charge in [-0.15, -0.1) is 0 Å². The Kier molecular flexibility index (Phi) is 9.01. The molecule has 0 fully saturated rings. The van der Waals surface area contributed by atoms with Crippen molar-refractivity contribution in [2.45, 2.75) is 26.2 Å². The van der Waals surface area contributed by atoms with Crippen molar-refractivity contribution in [3.8, 4) is 28.4 Å². The number of benzene rings is 3. The van der Waals surface area contributed by atoms with Gasteiger partial charge in [-0.3, -0.25) is 0 Å². The van der Waals surface area contributed by atoms with Crippen molar-refractivity contribution in [1.82, 2.24) is 0 Å². The van der Waals surface area contributed by atoms with Crippen LogP contribution in [-0.2, 0) is 25.5 Å². The van der Waals surface area contributed by atoms with Crippen LogP contribution in [0.3, 0.4) is 0 Å². The molecule has 0 heterocycles. The Morgan fingerprint density at radius 1 is 0.875 bits per heavy atom. The molecular weight excluding hydrogens is 512 g/mol. The zero-order valence-electron chi connectivity index (χ0n) is 22.4. The first-order valence-electron chi connectivity index (χ1n) is 12.8. The Morgan fingerprint density at radius 2 is 1.57 bits per heavy atom. The van der Waals surface area contributed by atoms with Crippen molar-refractivity contribution in [2.75, 3.05) is 19.8 Å². The summed E-state index contributed by atoms with van der Waals surface area (Å²) >= 11 is 0. The molecule has 206 valence electrons. The van der Waals surface area contributed by atoms with Gasteiger partial charge in [0, 0.05) is 12.0 Å². The third-order valence-corrected chi connectivity index (χ3v) is 6.48. The smallest absolute Gasteiger partial charge is 0.348 e. The highest BCUT2D eigenvalue weighted by atomic mass is 16.6. The summed E-state index contributed by atoms with van der Waals surface area (Å²) in [5, 5.41) is 0. The molecule has 4 rings (SSSR count). The summed E-state index contributed by atoms with van der Waals surface area (Å²) in [6, 6.07) is 16.4. The molecule has 0 aromatic heterocycles. The maximum absolute atomic E-state index is 13.1. The van der Waals surface area contributed by atoms with Crippen LogP contribution in [0.4, 0.5) is 0 Å². The van der Waals surface area contributed by atoms with Crippen LogP contribution in [0.5, 0.6) is 17.2 Å². The van der Waals surface area contributed by atoms with Crippen molar-refractivity contribution >= 4 is 17.9 Å². The molecule has 8 heteroatoms. The van der Waals surface area contributed by atoms with Gasteiger partial charge in [0.05, 0.1) is 11.8 Å². The molecule has 3 aromatic carbocycles. The predicted molar refractivity (Wildman–Crippen MR) is 149 cm³/mol. The van der Waals surface area contributed by atoms with E-state index in [2.05, 4.69) is 24.8 Å². The molecule has 1 aliphatic carbocycles. The molecule has 1 unspecified atom stereocenters. The summed E-state index contributed by atoms with van der Waals surface area (Å²) in [5.41, 5.74) is 5.37. The summed E-state index contributed by atoms with van der Waals surface area (Å²) in [6.45, 7) is 10.8. The van der Waals surface area contributed by atoms with E-state index < -0.39 is 17.9 Å². The fourth-order valence-electron chi connectivity index (χ4n) is 4.51. The summed E-state index contributed by atoms with van der Waals surface area (Å²) in [6.07, 6.45) is 2.78. The van der Waals surface area contributed by atoms with Gasteiger partial charge < -0.3 is 23.7 Å². The number of hydrogen-bond acceptors (Lipinski definition) is 8. The first-order valence-corrected chi connectivity index (χ1v) is 12.8. The van der Waals surface area contributed by atoms with Gasteiger partial charge in [-0.2, -0.15) is 0 Å². The van der Waals surface area contributed by atoms with E-state index >= 15 is 0 Å². The SMILES string of the molecule is C=COC(=O)COc1ccc2c(c1)C(C)c1cc(C(=O)Oc3ccc(OCCOC(=O)C=C)cc3CC)ccc1-2. The number of ether oxygens (including phenoxy) is 5. The number of esters is 3. The van der Waals surface area contributed by atoms with E-state index in [9.17, 15) is 14.4 Å². The highest BCUT2D eigenvalue weighted by Crippen LogP contribution is 2.46. The molecule has 0 radical (unpaired) electrons. The second-order valence-electron chi connectivity index (χ2n) is 8.95. The lowest BCUT2D eigenvalue weighted by Gasteiger charge is -2.13. The second kappa shape index (κ2) is 12.8. The van der Waals surface area contributed by atoms with E-state index in [-0.39, 0.29) is 25.7 Å². The monoisotopic (exact) mass is 542 g/mol. The minimum atomic E-state index is -0.532. The Hall–Kier alpha value is -4.85. The van der Waals surface area contributed by atoms with Gasteiger partial charge in [-0.1, -0.05) is 39.1 Å². The molecule has 0 N–H and O–H groups in total. The van der Waals surface area contributed by atoms with Gasteiger partial charge in [0.25, 0.3) is 0 Å². The largest absolute Gasteiger partial charge is 0.490 e. The zero-order chi connectivity index (χ0) is 28.6. The summed E-state index contributed by atoms with van der Waals surface area (Å²) < 4.78 is 26.6. The quantitative estimate of drug-likeness (QED) is 0.0935. The summed E-state index contributed by atoms with van der Waals surface area (Å²) in [5.74, 6) is 0.0891. The lowest BCUT2D eigenvalue weighted by atomic mass is 9.98. The molecule has 8 nitrogen and oxygen atoms in total. The van der Waals surface area contributed by atoms with E-state index in [1.165, 1.54) is 0 Å². The molecule has 3 aromatic rings. The van der Waals surface area contributed by atoms with Gasteiger partial charge in [-0.25, -0.2) is 14.4 Å². The summed E-state index contributed by atoms with van der Waals surface area (Å²) in [7, 11) is 0. The van der Waals surface area contributed by atoms with Crippen molar-refractivity contribution in [3.63, 3.8) is 0 Å². The second-order valence-corrected chi connectivity index (χ2v) is 8.95. The Bertz CT molecular complexity index is 1460. The van der Waals surface area contributed by atoms with Crippen LogP contribution in [0.25, 0.3) is 11.1 Å². The number of fused-ring (bicyclic) bond motifs is 3. The fraction of sp³-hybridized carbons (Fsp3) is 0.219. The van der Waals surface area contributed by atoms with Gasteiger partial charge >= 0.3 is 17.9 Å². The molecule has 0 saturated carbocycles. The van der Waals surface area contributed by atoms with Crippen molar-refractivity contribution in [3.05, 3.63) is 102 Å². The lowest BCUT2D eigenvalue weighted by Crippen LogP contribution is -2.12. The first-order chi connectivity index (χ1) is 19.3. The average Bonchev–Trinajstić information content (AvgIpc) is 3.25. The number of aryl methyl sites for hydroxylation is 1. The standard InChI is InChI=1S/C32H30O8/c1-5-21-16-23(37-14-15-38-30(33)6-2)10-13-29(21)40-32(35)22-8-11-25-26-12-9-24(39-19-31(34)36-7-3)18-28(26)20(4)27(25)17-22/h6-13,16-18,20H,2-3,5,14-15,19H2,1,4H3. The van der Waals surface area contributed by atoms with Gasteiger partial charge in [0.1, 0.15) is 30.5 Å². The molecule has 0 spiro atoms. The Morgan fingerprint density at radius 3 is 2.30 bits per heavy atom. The topological polar surface area (TPSA) is 97.4 Å². The average molecular weight is 543 g/mol. The van der Waals surface area contributed by atoms with Crippen molar-refractivity contribution < 1.29 is 38.1 Å². The van der Waals surface area contributed by atoms with E-state index in [4.69, 9.17) is 18.9 Å². The molecular formula is C32H30O8. The Balaban J connectivity index is 1.43. The molecule has 0 bridgehead atoms. The van der Waals surface area contributed by atoms with E-state index in [0.717, 1.165) is 40.2 Å². The number of hydrogen-bond donors (Lipinski definition) is 0. The van der Waals surface area contributed by atoms with Crippen LogP contribution in [0.15, 0.2) is 80.1 Å². The number of carbonyl (C=O) groups is 3. The fourth-order valence-corrected chi connectivity index (χ4v) is 4.51.